The third-order valence-corrected chi connectivity index (χ3v) is 4.20. The lowest BCUT2D eigenvalue weighted by Gasteiger charge is -2.15. The van der Waals surface area contributed by atoms with Gasteiger partial charge in [-0.1, -0.05) is 22.9 Å². The molecule has 2 unspecified atom stereocenters. The summed E-state index contributed by atoms with van der Waals surface area (Å²) in [7, 11) is -4.04. The SMILES string of the molecule is CC(Br)CC(C)NS(=O)(=O)c1cc(F)ccc1F. The zero-order valence-electron chi connectivity index (χ0n) is 9.95. The molecular weight excluding hydrogens is 328 g/mol. The average molecular weight is 342 g/mol. The van der Waals surface area contributed by atoms with E-state index in [4.69, 9.17) is 0 Å². The Labute approximate surface area is 114 Å². The lowest BCUT2D eigenvalue weighted by molar-refractivity contribution is 0.528. The second-order valence-electron chi connectivity index (χ2n) is 4.11. The predicted octanol–water partition coefficient (Wildman–Crippen LogP) is 2.81. The van der Waals surface area contributed by atoms with Crippen molar-refractivity contribution >= 4 is 26.0 Å². The second-order valence-corrected chi connectivity index (χ2v) is 7.36. The molecule has 0 spiro atoms. The first-order valence-electron chi connectivity index (χ1n) is 5.34. The Morgan fingerprint density at radius 3 is 2.50 bits per heavy atom. The van der Waals surface area contributed by atoms with E-state index in [1.165, 1.54) is 0 Å². The molecule has 1 aromatic rings. The van der Waals surface area contributed by atoms with E-state index in [0.717, 1.165) is 12.1 Å². The van der Waals surface area contributed by atoms with Crippen molar-refractivity contribution in [2.24, 2.45) is 0 Å². The van der Waals surface area contributed by atoms with Gasteiger partial charge in [0.25, 0.3) is 0 Å². The lowest BCUT2D eigenvalue weighted by atomic mass is 10.2. The lowest BCUT2D eigenvalue weighted by Crippen LogP contribution is -2.34. The number of hydrogen-bond acceptors (Lipinski definition) is 2. The van der Waals surface area contributed by atoms with Crippen LogP contribution in [-0.2, 0) is 10.0 Å². The van der Waals surface area contributed by atoms with Crippen LogP contribution in [0.3, 0.4) is 0 Å². The third-order valence-electron chi connectivity index (χ3n) is 2.22. The zero-order chi connectivity index (χ0) is 13.9. The van der Waals surface area contributed by atoms with Crippen LogP contribution in [0.2, 0.25) is 0 Å². The highest BCUT2D eigenvalue weighted by atomic mass is 79.9. The van der Waals surface area contributed by atoms with Crippen LogP contribution < -0.4 is 4.72 Å². The third kappa shape index (κ3) is 4.29. The van der Waals surface area contributed by atoms with Crippen LogP contribution >= 0.6 is 15.9 Å². The van der Waals surface area contributed by atoms with Gasteiger partial charge in [0.1, 0.15) is 16.5 Å². The molecule has 0 aliphatic heterocycles. The van der Waals surface area contributed by atoms with E-state index < -0.39 is 26.6 Å². The van der Waals surface area contributed by atoms with Gasteiger partial charge in [-0.05, 0) is 31.5 Å². The molecule has 0 saturated carbocycles. The molecule has 7 heteroatoms. The van der Waals surface area contributed by atoms with Gasteiger partial charge in [-0.3, -0.25) is 0 Å². The highest BCUT2D eigenvalue weighted by Crippen LogP contribution is 2.17. The summed E-state index contributed by atoms with van der Waals surface area (Å²) in [6.07, 6.45) is 0.538. The minimum absolute atomic E-state index is 0.118. The molecule has 0 saturated heterocycles. The number of hydrogen-bond donors (Lipinski definition) is 1. The van der Waals surface area contributed by atoms with Gasteiger partial charge in [-0.25, -0.2) is 21.9 Å². The molecule has 3 nitrogen and oxygen atoms in total. The Balaban J connectivity index is 2.96. The molecule has 102 valence electrons. The molecule has 2 atom stereocenters. The van der Waals surface area contributed by atoms with Crippen LogP contribution in [0.25, 0.3) is 0 Å². The first kappa shape index (κ1) is 15.5. The molecule has 0 amide bonds. The van der Waals surface area contributed by atoms with E-state index in [0.29, 0.717) is 12.5 Å². The first-order valence-corrected chi connectivity index (χ1v) is 7.73. The molecule has 0 aliphatic rings. The molecule has 1 aromatic carbocycles. The summed E-state index contributed by atoms with van der Waals surface area (Å²) in [5.41, 5.74) is 0. The van der Waals surface area contributed by atoms with Gasteiger partial charge in [0, 0.05) is 10.9 Å². The van der Waals surface area contributed by atoms with E-state index >= 15 is 0 Å². The number of rotatable bonds is 5. The fourth-order valence-corrected chi connectivity index (χ4v) is 3.45. The number of sulfonamides is 1. The van der Waals surface area contributed by atoms with Crippen molar-refractivity contribution in [3.63, 3.8) is 0 Å². The van der Waals surface area contributed by atoms with E-state index in [2.05, 4.69) is 20.7 Å². The van der Waals surface area contributed by atoms with Gasteiger partial charge in [0.2, 0.25) is 10.0 Å². The number of alkyl halides is 1. The first-order chi connectivity index (χ1) is 8.22. The molecule has 1 rings (SSSR count). The molecule has 0 fully saturated rings. The van der Waals surface area contributed by atoms with Crippen molar-refractivity contribution < 1.29 is 17.2 Å². The van der Waals surface area contributed by atoms with Crippen LogP contribution in [0.5, 0.6) is 0 Å². The molecule has 18 heavy (non-hydrogen) atoms. The predicted molar refractivity (Wildman–Crippen MR) is 69.1 cm³/mol. The van der Waals surface area contributed by atoms with Crippen molar-refractivity contribution in [3.05, 3.63) is 29.8 Å². The summed E-state index contributed by atoms with van der Waals surface area (Å²) in [5.74, 6) is -1.76. The maximum atomic E-state index is 13.4. The quantitative estimate of drug-likeness (QED) is 0.837. The van der Waals surface area contributed by atoms with Crippen LogP contribution in [0, 0.1) is 11.6 Å². The molecule has 1 N–H and O–H groups in total. The molecule has 0 aromatic heterocycles. The van der Waals surface area contributed by atoms with Crippen molar-refractivity contribution in [3.8, 4) is 0 Å². The fraction of sp³-hybridized carbons (Fsp3) is 0.455. The minimum atomic E-state index is -4.04. The van der Waals surface area contributed by atoms with Gasteiger partial charge >= 0.3 is 0 Å². The van der Waals surface area contributed by atoms with Crippen LogP contribution in [0.1, 0.15) is 20.3 Å². The minimum Gasteiger partial charge on any atom is -0.208 e. The van der Waals surface area contributed by atoms with Crippen molar-refractivity contribution in [1.82, 2.24) is 4.72 Å². The molecular formula is C11H14BrF2NO2S. The second kappa shape index (κ2) is 6.08. The summed E-state index contributed by atoms with van der Waals surface area (Å²) < 4.78 is 52.4. The van der Waals surface area contributed by atoms with Gasteiger partial charge in [0.05, 0.1) is 0 Å². The number of nitrogens with one attached hydrogen (secondary N) is 1. The van der Waals surface area contributed by atoms with Crippen molar-refractivity contribution in [1.29, 1.82) is 0 Å². The van der Waals surface area contributed by atoms with Crippen molar-refractivity contribution in [2.75, 3.05) is 0 Å². The van der Waals surface area contributed by atoms with Gasteiger partial charge < -0.3 is 0 Å². The van der Waals surface area contributed by atoms with Crippen LogP contribution in [0.4, 0.5) is 8.78 Å². The normalized spacial score (nSPS) is 15.4. The number of halogens is 3. The summed E-state index contributed by atoms with van der Waals surface area (Å²) in [5, 5.41) is 0. The number of benzene rings is 1. The smallest absolute Gasteiger partial charge is 0.208 e. The van der Waals surface area contributed by atoms with E-state index in [-0.39, 0.29) is 10.9 Å². The average Bonchev–Trinajstić information content (AvgIpc) is 2.19. The van der Waals surface area contributed by atoms with E-state index in [9.17, 15) is 17.2 Å². The molecule has 0 heterocycles. The maximum absolute atomic E-state index is 13.4. The maximum Gasteiger partial charge on any atom is 0.243 e. The topological polar surface area (TPSA) is 46.2 Å². The van der Waals surface area contributed by atoms with Gasteiger partial charge in [0.15, 0.2) is 0 Å². The van der Waals surface area contributed by atoms with Crippen LogP contribution in [0.15, 0.2) is 23.1 Å². The molecule has 0 bridgehead atoms. The standard InChI is InChI=1S/C11H14BrF2NO2S/c1-7(12)5-8(2)15-18(16,17)11-6-9(13)3-4-10(11)14/h3-4,6-8,15H,5H2,1-2H3. The van der Waals surface area contributed by atoms with Gasteiger partial charge in [-0.15, -0.1) is 0 Å². The van der Waals surface area contributed by atoms with Gasteiger partial charge in [-0.2, -0.15) is 0 Å². The highest BCUT2D eigenvalue weighted by Gasteiger charge is 2.22. The zero-order valence-corrected chi connectivity index (χ0v) is 12.4. The molecule has 0 radical (unpaired) electrons. The largest absolute Gasteiger partial charge is 0.243 e. The Hall–Kier alpha value is -0.530. The Kier molecular flexibility index (Phi) is 5.24. The van der Waals surface area contributed by atoms with E-state index in [1.807, 2.05) is 6.92 Å². The summed E-state index contributed by atoms with van der Waals surface area (Å²) in [6, 6.07) is 1.95. The summed E-state index contributed by atoms with van der Waals surface area (Å²) in [4.78, 5) is -0.552. The van der Waals surface area contributed by atoms with Crippen molar-refractivity contribution in [2.45, 2.75) is 36.0 Å². The summed E-state index contributed by atoms with van der Waals surface area (Å²) in [6.45, 7) is 3.53. The Morgan fingerprint density at radius 1 is 1.33 bits per heavy atom. The Bertz CT molecular complexity index is 520. The molecule has 0 aliphatic carbocycles. The van der Waals surface area contributed by atoms with Crippen LogP contribution in [-0.4, -0.2) is 19.3 Å². The summed E-state index contributed by atoms with van der Waals surface area (Å²) >= 11 is 3.30. The van der Waals surface area contributed by atoms with E-state index in [1.54, 1.807) is 6.92 Å². The Morgan fingerprint density at radius 2 is 1.94 bits per heavy atom. The monoisotopic (exact) mass is 341 g/mol. The highest BCUT2D eigenvalue weighted by molar-refractivity contribution is 9.09. The fourth-order valence-electron chi connectivity index (χ4n) is 1.55.